The van der Waals surface area contributed by atoms with E-state index in [9.17, 15) is 0 Å². The largest absolute Gasteiger partial charge is 0.345 e. The zero-order chi connectivity index (χ0) is 13.5. The van der Waals surface area contributed by atoms with Crippen LogP contribution in [-0.4, -0.2) is 23.3 Å². The minimum absolute atomic E-state index is 0.265. The lowest BCUT2D eigenvalue weighted by molar-refractivity contribution is 0.365. The topological polar surface area (TPSA) is 29.0 Å². The van der Waals surface area contributed by atoms with Crippen LogP contribution in [-0.2, 0) is 0 Å². The maximum Gasteiger partial charge on any atom is 0.208 e. The summed E-state index contributed by atoms with van der Waals surface area (Å²) >= 11 is 1.69. The molecule has 0 spiro atoms. The van der Waals surface area contributed by atoms with Gasteiger partial charge in [-0.15, -0.1) is 10.2 Å². The van der Waals surface area contributed by atoms with Crippen molar-refractivity contribution in [2.75, 3.05) is 18.0 Å². The summed E-state index contributed by atoms with van der Waals surface area (Å²) in [5.74, 6) is 0.554. The predicted octanol–water partition coefficient (Wildman–Crippen LogP) is 3.48. The van der Waals surface area contributed by atoms with Crippen molar-refractivity contribution in [3.05, 3.63) is 40.9 Å². The molecule has 1 saturated heterocycles. The lowest BCUT2D eigenvalue weighted by atomic mass is 9.78. The van der Waals surface area contributed by atoms with Crippen LogP contribution in [0.3, 0.4) is 0 Å². The van der Waals surface area contributed by atoms with Gasteiger partial charge in [-0.25, -0.2) is 0 Å². The monoisotopic (exact) mass is 273 g/mol. The van der Waals surface area contributed by atoms with E-state index < -0.39 is 0 Å². The fraction of sp³-hybridized carbons (Fsp3) is 0.467. The van der Waals surface area contributed by atoms with E-state index in [1.54, 1.807) is 11.3 Å². The first-order chi connectivity index (χ1) is 9.06. The quantitative estimate of drug-likeness (QED) is 0.839. The summed E-state index contributed by atoms with van der Waals surface area (Å²) in [7, 11) is 0. The average molecular weight is 273 g/mol. The van der Waals surface area contributed by atoms with E-state index in [4.69, 9.17) is 0 Å². The van der Waals surface area contributed by atoms with Crippen LogP contribution in [0.15, 0.2) is 30.3 Å². The first-order valence-electron chi connectivity index (χ1n) is 6.66. The van der Waals surface area contributed by atoms with Gasteiger partial charge in [-0.1, -0.05) is 55.5 Å². The Bertz CT molecular complexity index is 562. The van der Waals surface area contributed by atoms with Crippen LogP contribution in [0.1, 0.15) is 30.3 Å². The highest BCUT2D eigenvalue weighted by atomic mass is 32.1. The highest BCUT2D eigenvalue weighted by Crippen LogP contribution is 2.44. The summed E-state index contributed by atoms with van der Waals surface area (Å²) in [5.41, 5.74) is 1.69. The Kier molecular flexibility index (Phi) is 3.05. The number of aromatic nitrogens is 2. The smallest absolute Gasteiger partial charge is 0.208 e. The Morgan fingerprint density at radius 1 is 1.21 bits per heavy atom. The standard InChI is InChI=1S/C15H19N3S/c1-11-16-17-14(19-11)18-9-13(15(2,3)10-18)12-7-5-4-6-8-12/h4-8,13H,9-10H2,1-3H3/t13-/m0/s1. The van der Waals surface area contributed by atoms with Crippen molar-refractivity contribution >= 4 is 16.5 Å². The molecule has 100 valence electrons. The lowest BCUT2D eigenvalue weighted by Crippen LogP contribution is -2.23. The number of benzene rings is 1. The number of hydrogen-bond donors (Lipinski definition) is 0. The van der Waals surface area contributed by atoms with Crippen molar-refractivity contribution in [1.29, 1.82) is 0 Å². The maximum atomic E-state index is 4.29. The second-order valence-electron chi connectivity index (χ2n) is 5.94. The zero-order valence-corrected chi connectivity index (χ0v) is 12.4. The summed E-state index contributed by atoms with van der Waals surface area (Å²) in [6.45, 7) is 8.78. The van der Waals surface area contributed by atoms with E-state index in [0.717, 1.165) is 23.2 Å². The maximum absolute atomic E-state index is 4.29. The van der Waals surface area contributed by atoms with E-state index in [0.29, 0.717) is 5.92 Å². The Morgan fingerprint density at radius 3 is 2.58 bits per heavy atom. The molecule has 0 amide bonds. The molecule has 0 saturated carbocycles. The van der Waals surface area contributed by atoms with Crippen LogP contribution < -0.4 is 4.90 Å². The van der Waals surface area contributed by atoms with Gasteiger partial charge in [0.2, 0.25) is 5.13 Å². The van der Waals surface area contributed by atoms with Crippen LogP contribution in [0.4, 0.5) is 5.13 Å². The molecule has 0 unspecified atom stereocenters. The third-order valence-electron chi connectivity index (χ3n) is 3.93. The van der Waals surface area contributed by atoms with Crippen molar-refractivity contribution in [2.24, 2.45) is 5.41 Å². The Morgan fingerprint density at radius 2 is 1.95 bits per heavy atom. The molecule has 3 rings (SSSR count). The molecule has 1 aliphatic rings. The molecule has 1 aliphatic heterocycles. The molecular formula is C15H19N3S. The van der Waals surface area contributed by atoms with Gasteiger partial charge in [0.25, 0.3) is 0 Å². The van der Waals surface area contributed by atoms with Crippen LogP contribution in [0.5, 0.6) is 0 Å². The summed E-state index contributed by atoms with van der Waals surface area (Å²) in [6.07, 6.45) is 0. The van der Waals surface area contributed by atoms with E-state index in [-0.39, 0.29) is 5.41 Å². The molecule has 1 aromatic carbocycles. The molecule has 0 bridgehead atoms. The van der Waals surface area contributed by atoms with E-state index >= 15 is 0 Å². The molecule has 2 aromatic rings. The lowest BCUT2D eigenvalue weighted by Gasteiger charge is -2.25. The molecule has 1 atom stereocenters. The van der Waals surface area contributed by atoms with Crippen LogP contribution >= 0.6 is 11.3 Å². The van der Waals surface area contributed by atoms with Crippen LogP contribution in [0.25, 0.3) is 0 Å². The summed E-state index contributed by atoms with van der Waals surface area (Å²) < 4.78 is 0. The predicted molar refractivity (Wildman–Crippen MR) is 79.8 cm³/mol. The molecule has 2 heterocycles. The number of rotatable bonds is 2. The molecule has 19 heavy (non-hydrogen) atoms. The number of aryl methyl sites for hydroxylation is 1. The SMILES string of the molecule is Cc1nnc(N2C[C@@H](c3ccccc3)C(C)(C)C2)s1. The van der Waals surface area contributed by atoms with Gasteiger partial charge in [0.15, 0.2) is 0 Å². The Hall–Kier alpha value is -1.42. The van der Waals surface area contributed by atoms with E-state index in [1.165, 1.54) is 5.56 Å². The highest BCUT2D eigenvalue weighted by molar-refractivity contribution is 7.15. The third-order valence-corrected chi connectivity index (χ3v) is 4.83. The fourth-order valence-electron chi connectivity index (χ4n) is 2.94. The Balaban J connectivity index is 1.88. The molecule has 1 fully saturated rings. The minimum Gasteiger partial charge on any atom is -0.345 e. The third kappa shape index (κ3) is 2.37. The number of anilines is 1. The van der Waals surface area contributed by atoms with Crippen molar-refractivity contribution < 1.29 is 0 Å². The number of hydrogen-bond acceptors (Lipinski definition) is 4. The van der Waals surface area contributed by atoms with E-state index in [2.05, 4.69) is 59.3 Å². The van der Waals surface area contributed by atoms with Crippen molar-refractivity contribution in [1.82, 2.24) is 10.2 Å². The van der Waals surface area contributed by atoms with Gasteiger partial charge in [-0.05, 0) is 17.9 Å². The molecule has 0 N–H and O–H groups in total. The van der Waals surface area contributed by atoms with Gasteiger partial charge < -0.3 is 4.90 Å². The van der Waals surface area contributed by atoms with E-state index in [1.807, 2.05) is 6.92 Å². The molecule has 4 heteroatoms. The second-order valence-corrected chi connectivity index (χ2v) is 7.10. The summed E-state index contributed by atoms with van der Waals surface area (Å²) in [4.78, 5) is 2.38. The molecule has 0 radical (unpaired) electrons. The zero-order valence-electron chi connectivity index (χ0n) is 11.6. The van der Waals surface area contributed by atoms with Crippen LogP contribution in [0.2, 0.25) is 0 Å². The molecule has 3 nitrogen and oxygen atoms in total. The van der Waals surface area contributed by atoms with Gasteiger partial charge in [-0.3, -0.25) is 0 Å². The molecular weight excluding hydrogens is 254 g/mol. The minimum atomic E-state index is 0.265. The molecule has 1 aromatic heterocycles. The van der Waals surface area contributed by atoms with Crippen LogP contribution in [0, 0.1) is 12.3 Å². The second kappa shape index (κ2) is 4.60. The summed E-state index contributed by atoms with van der Waals surface area (Å²) in [5, 5.41) is 10.5. The van der Waals surface area contributed by atoms with Crippen molar-refractivity contribution in [3.8, 4) is 0 Å². The molecule has 0 aliphatic carbocycles. The first kappa shape index (κ1) is 12.6. The van der Waals surface area contributed by atoms with Gasteiger partial charge in [0, 0.05) is 19.0 Å². The normalized spacial score (nSPS) is 21.8. The first-order valence-corrected chi connectivity index (χ1v) is 7.48. The van der Waals surface area contributed by atoms with Gasteiger partial charge in [0.1, 0.15) is 5.01 Å². The number of nitrogens with zero attached hydrogens (tertiary/aromatic N) is 3. The Labute approximate surface area is 118 Å². The summed E-state index contributed by atoms with van der Waals surface area (Å²) in [6, 6.07) is 10.8. The fourth-order valence-corrected chi connectivity index (χ4v) is 3.63. The average Bonchev–Trinajstić information content (AvgIpc) is 2.94. The van der Waals surface area contributed by atoms with Gasteiger partial charge >= 0.3 is 0 Å². The highest BCUT2D eigenvalue weighted by Gasteiger charge is 2.41. The van der Waals surface area contributed by atoms with Gasteiger partial charge in [0.05, 0.1) is 0 Å². The van der Waals surface area contributed by atoms with Crippen molar-refractivity contribution in [2.45, 2.75) is 26.7 Å². The van der Waals surface area contributed by atoms with Gasteiger partial charge in [-0.2, -0.15) is 0 Å². The van der Waals surface area contributed by atoms with Crippen molar-refractivity contribution in [3.63, 3.8) is 0 Å².